The van der Waals surface area contributed by atoms with Crippen LogP contribution >= 0.6 is 11.3 Å². The number of benzene rings is 1. The van der Waals surface area contributed by atoms with Gasteiger partial charge in [-0.3, -0.25) is 14.5 Å². The minimum Gasteiger partial charge on any atom is -0.444 e. The van der Waals surface area contributed by atoms with Gasteiger partial charge in [-0.05, 0) is 72.6 Å². The number of rotatable bonds is 8. The smallest absolute Gasteiger partial charge is 0.444 e. The summed E-state index contributed by atoms with van der Waals surface area (Å²) in [7, 11) is 0. The van der Waals surface area contributed by atoms with E-state index in [1.54, 1.807) is 46.4 Å². The Morgan fingerprint density at radius 3 is 2.23 bits per heavy atom. The highest BCUT2D eigenvalue weighted by molar-refractivity contribution is 7.18. The second kappa shape index (κ2) is 13.3. The Morgan fingerprint density at radius 2 is 1.65 bits per heavy atom. The van der Waals surface area contributed by atoms with Gasteiger partial charge in [0.05, 0.1) is 23.2 Å². The molecule has 0 unspecified atom stereocenters. The van der Waals surface area contributed by atoms with Gasteiger partial charge in [0.2, 0.25) is 5.91 Å². The van der Waals surface area contributed by atoms with E-state index in [1.807, 2.05) is 0 Å². The number of nitrogens with zero attached hydrogens (tertiary/aromatic N) is 3. The molecule has 0 bridgehead atoms. The molecule has 3 rings (SSSR count). The van der Waals surface area contributed by atoms with Crippen LogP contribution in [-0.4, -0.2) is 88.4 Å². The first-order valence-electron chi connectivity index (χ1n) is 13.7. The van der Waals surface area contributed by atoms with Crippen molar-refractivity contribution in [1.29, 1.82) is 0 Å². The molecule has 1 aliphatic rings. The van der Waals surface area contributed by atoms with E-state index in [9.17, 15) is 32.3 Å². The molecule has 1 N–H and O–H groups in total. The van der Waals surface area contributed by atoms with Gasteiger partial charge in [0, 0.05) is 19.1 Å². The number of likely N-dealkylation sites (tertiary alicyclic amines) is 1. The summed E-state index contributed by atoms with van der Waals surface area (Å²) in [5, 5.41) is 2.89. The molecule has 2 heterocycles. The van der Waals surface area contributed by atoms with Crippen LogP contribution in [0.3, 0.4) is 0 Å². The number of hydrogen-bond donors (Lipinski definition) is 1. The molecule has 43 heavy (non-hydrogen) atoms. The lowest BCUT2D eigenvalue weighted by Crippen LogP contribution is -2.53. The minimum atomic E-state index is -4.83. The van der Waals surface area contributed by atoms with Gasteiger partial charge in [-0.1, -0.05) is 0 Å². The van der Waals surface area contributed by atoms with Crippen molar-refractivity contribution in [3.63, 3.8) is 0 Å². The van der Waals surface area contributed by atoms with Crippen molar-refractivity contribution in [2.45, 2.75) is 84.4 Å². The SMILES string of the molecule is CC(C)(C)OC(=O)N1CCC(N(CC(=O)NCC(=O)Cc2nc3ccc(OC(F)(F)F)cc3s2)C(=O)OC(C)(C)C)CC1. The van der Waals surface area contributed by atoms with Gasteiger partial charge < -0.3 is 24.4 Å². The molecule has 0 saturated carbocycles. The van der Waals surface area contributed by atoms with E-state index in [1.165, 1.54) is 17.0 Å². The Bertz CT molecular complexity index is 1330. The highest BCUT2D eigenvalue weighted by Crippen LogP contribution is 2.30. The summed E-state index contributed by atoms with van der Waals surface area (Å²) < 4.78 is 52.8. The van der Waals surface area contributed by atoms with Crippen LogP contribution in [0.2, 0.25) is 0 Å². The molecule has 1 aromatic heterocycles. The molecule has 1 aromatic carbocycles. The van der Waals surface area contributed by atoms with E-state index in [-0.39, 0.29) is 37.1 Å². The molecule has 11 nitrogen and oxygen atoms in total. The van der Waals surface area contributed by atoms with Gasteiger partial charge in [0.1, 0.15) is 28.5 Å². The third-order valence-electron chi connectivity index (χ3n) is 5.97. The van der Waals surface area contributed by atoms with Crippen LogP contribution in [0.1, 0.15) is 59.4 Å². The fraction of sp³-hybridized carbons (Fsp3) is 0.607. The number of nitrogens with one attached hydrogen (secondary N) is 1. The zero-order valence-electron chi connectivity index (χ0n) is 25.0. The molecule has 0 radical (unpaired) electrons. The number of thiazole rings is 1. The molecule has 1 saturated heterocycles. The first-order valence-corrected chi connectivity index (χ1v) is 14.5. The molecular weight excluding hydrogens is 593 g/mol. The predicted octanol–water partition coefficient (Wildman–Crippen LogP) is 5.06. The van der Waals surface area contributed by atoms with E-state index in [0.717, 1.165) is 17.4 Å². The van der Waals surface area contributed by atoms with Crippen molar-refractivity contribution in [2.24, 2.45) is 0 Å². The number of ether oxygens (including phenoxy) is 3. The van der Waals surface area contributed by atoms with Crippen molar-refractivity contribution in [3.8, 4) is 5.75 Å². The number of halogens is 3. The average Bonchev–Trinajstić information content (AvgIpc) is 3.24. The highest BCUT2D eigenvalue weighted by Gasteiger charge is 2.35. The second-order valence-corrected chi connectivity index (χ2v) is 13.2. The van der Waals surface area contributed by atoms with Crippen molar-refractivity contribution >= 4 is 45.4 Å². The number of piperidine rings is 1. The third kappa shape index (κ3) is 11.2. The fourth-order valence-corrected chi connectivity index (χ4v) is 5.24. The largest absolute Gasteiger partial charge is 0.573 e. The number of aromatic nitrogens is 1. The number of ketones is 1. The Kier molecular flexibility index (Phi) is 10.5. The van der Waals surface area contributed by atoms with Crippen LogP contribution in [-0.2, 0) is 25.5 Å². The predicted molar refractivity (Wildman–Crippen MR) is 152 cm³/mol. The number of hydrogen-bond acceptors (Lipinski definition) is 9. The number of fused-ring (bicyclic) bond motifs is 1. The molecule has 0 atom stereocenters. The second-order valence-electron chi connectivity index (χ2n) is 12.1. The Balaban J connectivity index is 1.57. The van der Waals surface area contributed by atoms with E-state index in [2.05, 4.69) is 15.0 Å². The van der Waals surface area contributed by atoms with Crippen LogP contribution in [0, 0.1) is 0 Å². The Labute approximate surface area is 251 Å². The summed E-state index contributed by atoms with van der Waals surface area (Å²) in [6.45, 7) is 10.4. The lowest BCUT2D eigenvalue weighted by molar-refractivity contribution is -0.274. The first kappa shape index (κ1) is 33.9. The molecule has 0 aliphatic carbocycles. The van der Waals surface area contributed by atoms with Gasteiger partial charge >= 0.3 is 18.5 Å². The van der Waals surface area contributed by atoms with Crippen molar-refractivity contribution in [2.75, 3.05) is 26.2 Å². The molecule has 1 fully saturated rings. The van der Waals surface area contributed by atoms with Crippen molar-refractivity contribution in [3.05, 3.63) is 23.2 Å². The van der Waals surface area contributed by atoms with Crippen molar-refractivity contribution in [1.82, 2.24) is 20.1 Å². The summed E-state index contributed by atoms with van der Waals surface area (Å²) >= 11 is 1.05. The van der Waals surface area contributed by atoms with Gasteiger partial charge in [-0.25, -0.2) is 14.6 Å². The Morgan fingerprint density at radius 1 is 1.02 bits per heavy atom. The number of carbonyl (C=O) groups is 4. The zero-order valence-corrected chi connectivity index (χ0v) is 25.8. The normalized spacial score (nSPS) is 14.8. The van der Waals surface area contributed by atoms with Crippen molar-refractivity contribution < 1.29 is 46.6 Å². The summed E-state index contributed by atoms with van der Waals surface area (Å²) in [6, 6.07) is 3.31. The van der Waals surface area contributed by atoms with E-state index in [0.29, 0.717) is 41.2 Å². The molecule has 2 aromatic rings. The quantitative estimate of drug-likeness (QED) is 0.429. The third-order valence-corrected chi connectivity index (χ3v) is 6.99. The lowest BCUT2D eigenvalue weighted by atomic mass is 10.0. The standard InChI is InChI=1S/C28H37F3N4O7S/c1-26(2,3)41-24(38)34-11-9-17(10-12-34)35(25(39)42-27(4,5)6)16-22(37)32-15-18(36)13-23-33-20-8-7-19(14-21(20)43-23)40-28(29,30)31/h7-8,14,17H,9-13,15-16H2,1-6H3,(H,32,37). The van der Waals surface area contributed by atoms with Crippen LogP contribution < -0.4 is 10.1 Å². The highest BCUT2D eigenvalue weighted by atomic mass is 32.1. The number of Topliss-reactive ketones (excluding diaryl/α,β-unsaturated/α-hetero) is 1. The molecule has 0 spiro atoms. The summed E-state index contributed by atoms with van der Waals surface area (Å²) in [4.78, 5) is 58.0. The van der Waals surface area contributed by atoms with Crippen LogP contribution in [0.15, 0.2) is 18.2 Å². The summed E-state index contributed by atoms with van der Waals surface area (Å²) in [6.07, 6.45) is -5.31. The topological polar surface area (TPSA) is 127 Å². The maximum atomic E-state index is 13.0. The lowest BCUT2D eigenvalue weighted by Gasteiger charge is -2.39. The van der Waals surface area contributed by atoms with Gasteiger partial charge in [-0.2, -0.15) is 0 Å². The number of amides is 3. The van der Waals surface area contributed by atoms with E-state index < -0.39 is 35.7 Å². The summed E-state index contributed by atoms with van der Waals surface area (Å²) in [5.41, 5.74) is -1.04. The van der Waals surface area contributed by atoms with Crippen LogP contribution in [0.25, 0.3) is 10.2 Å². The molecule has 238 valence electrons. The number of carbonyl (C=O) groups excluding carboxylic acids is 4. The minimum absolute atomic E-state index is 0.145. The summed E-state index contributed by atoms with van der Waals surface area (Å²) in [5.74, 6) is -1.35. The number of alkyl halides is 3. The van der Waals surface area contributed by atoms with Gasteiger partial charge in [0.25, 0.3) is 0 Å². The monoisotopic (exact) mass is 630 g/mol. The molecule has 3 amide bonds. The van der Waals surface area contributed by atoms with Crippen LogP contribution in [0.5, 0.6) is 5.75 Å². The van der Waals surface area contributed by atoms with E-state index in [4.69, 9.17) is 9.47 Å². The average molecular weight is 631 g/mol. The Hall–Kier alpha value is -3.62. The fourth-order valence-electron chi connectivity index (χ4n) is 4.21. The molecule has 15 heteroatoms. The molecular formula is C28H37F3N4O7S. The first-order chi connectivity index (χ1) is 19.8. The maximum absolute atomic E-state index is 13.0. The van der Waals surface area contributed by atoms with E-state index >= 15 is 0 Å². The van der Waals surface area contributed by atoms with Gasteiger partial charge in [0.15, 0.2) is 5.78 Å². The maximum Gasteiger partial charge on any atom is 0.573 e. The van der Waals surface area contributed by atoms with Gasteiger partial charge in [-0.15, -0.1) is 24.5 Å². The van der Waals surface area contributed by atoms with Crippen LogP contribution in [0.4, 0.5) is 22.8 Å². The zero-order chi connectivity index (χ0) is 32.2. The molecule has 1 aliphatic heterocycles.